The fourth-order valence-electron chi connectivity index (χ4n) is 1.09. The summed E-state index contributed by atoms with van der Waals surface area (Å²) in [5.41, 5.74) is 2.75. The Bertz CT molecular complexity index is 655. The third-order valence-corrected chi connectivity index (χ3v) is 4.76. The molecule has 0 amide bonds. The van der Waals surface area contributed by atoms with Gasteiger partial charge in [0.25, 0.3) is 0 Å². The van der Waals surface area contributed by atoms with E-state index in [4.69, 9.17) is 17.1 Å². The summed E-state index contributed by atoms with van der Waals surface area (Å²) in [5, 5.41) is 14.8. The molecule has 0 fully saturated rings. The van der Waals surface area contributed by atoms with Gasteiger partial charge >= 0.3 is 17.1 Å². The van der Waals surface area contributed by atoms with E-state index in [0.29, 0.717) is 5.56 Å². The normalized spacial score (nSPS) is 7.74. The molecule has 0 saturated carbocycles. The van der Waals surface area contributed by atoms with E-state index in [9.17, 15) is 0 Å². The van der Waals surface area contributed by atoms with E-state index in [1.165, 1.54) is 5.56 Å². The Balaban J connectivity index is -0.000000292. The van der Waals surface area contributed by atoms with E-state index in [1.807, 2.05) is 19.9 Å². The SMILES string of the molecule is Cc1c(Br)cncc1Br.Cc1c(Br)cncc1C#N.[C-]#N.[Cu+].[V]. The molecule has 23 heavy (non-hydrogen) atoms. The van der Waals surface area contributed by atoms with Gasteiger partial charge in [-0.1, -0.05) is 0 Å². The maximum Gasteiger partial charge on any atom is 1.00 e. The molecule has 0 aromatic carbocycles. The summed E-state index contributed by atoms with van der Waals surface area (Å²) >= 11 is 9.98. The van der Waals surface area contributed by atoms with Crippen molar-refractivity contribution in [3.63, 3.8) is 0 Å². The smallest absolute Gasteiger partial charge is 0.512 e. The third kappa shape index (κ3) is 9.64. The van der Waals surface area contributed by atoms with E-state index in [1.54, 1.807) is 24.8 Å². The van der Waals surface area contributed by atoms with Gasteiger partial charge in [0, 0.05) is 56.8 Å². The van der Waals surface area contributed by atoms with Gasteiger partial charge < -0.3 is 11.8 Å². The zero-order valence-corrected chi connectivity index (χ0v) is 19.1. The number of hydrogen-bond donors (Lipinski definition) is 0. The minimum Gasteiger partial charge on any atom is -0.512 e. The van der Waals surface area contributed by atoms with E-state index >= 15 is 0 Å². The number of halogens is 3. The van der Waals surface area contributed by atoms with Crippen LogP contribution in [-0.4, -0.2) is 9.97 Å². The quantitative estimate of drug-likeness (QED) is 0.320. The maximum absolute atomic E-state index is 8.53. The van der Waals surface area contributed by atoms with Crippen LogP contribution in [0.15, 0.2) is 38.2 Å². The second kappa shape index (κ2) is 15.4. The average molecular weight is 588 g/mol. The standard InChI is InChI=1S/C7H5BrN2.C6H5Br2N.CN.Cu.V/c1-5-6(2-9)3-10-4-7(5)8;1-4-5(7)2-9-3-6(4)8;1-2;;/h3-4H,1H3;2-3H,1H3;;;/q;;-1;+1;. The zero-order chi connectivity index (χ0) is 16.4. The molecule has 2 heterocycles. The molecular formula is C14H10Br3CuN4V. The number of hydrogen-bond acceptors (Lipinski definition) is 4. The van der Waals surface area contributed by atoms with Crippen LogP contribution < -0.4 is 0 Å². The van der Waals surface area contributed by atoms with Crippen LogP contribution in [0.1, 0.15) is 16.7 Å². The number of nitrogens with zero attached hydrogens (tertiary/aromatic N) is 4. The molecule has 2 aromatic rings. The van der Waals surface area contributed by atoms with E-state index < -0.39 is 0 Å². The van der Waals surface area contributed by atoms with Crippen molar-refractivity contribution in [3.05, 3.63) is 61.5 Å². The summed E-state index contributed by atoms with van der Waals surface area (Å²) in [6.07, 6.45) is 6.79. The van der Waals surface area contributed by atoms with E-state index in [2.05, 4.69) is 57.8 Å². The number of aromatic nitrogens is 2. The molecule has 1 radical (unpaired) electrons. The molecule has 0 atom stereocenters. The molecule has 0 aliphatic carbocycles. The van der Waals surface area contributed by atoms with Gasteiger partial charge in [-0.2, -0.15) is 5.26 Å². The second-order valence-corrected chi connectivity index (χ2v) is 6.20. The van der Waals surface area contributed by atoms with Crippen LogP contribution in [0, 0.1) is 37.0 Å². The number of nitriles is 1. The Hall–Kier alpha value is -0.176. The van der Waals surface area contributed by atoms with Crippen LogP contribution in [-0.2, 0) is 35.6 Å². The Morgan fingerprint density at radius 3 is 1.52 bits per heavy atom. The first kappa shape index (κ1) is 27.7. The van der Waals surface area contributed by atoms with Crippen molar-refractivity contribution in [2.24, 2.45) is 0 Å². The molecule has 0 N–H and O–H groups in total. The summed E-state index contributed by atoms with van der Waals surface area (Å²) in [6.45, 7) is 8.65. The third-order valence-electron chi connectivity index (χ3n) is 2.37. The first-order valence-corrected chi connectivity index (χ1v) is 7.83. The van der Waals surface area contributed by atoms with E-state index in [-0.39, 0.29) is 35.6 Å². The van der Waals surface area contributed by atoms with Crippen LogP contribution >= 0.6 is 47.8 Å². The van der Waals surface area contributed by atoms with Gasteiger partial charge in [-0.05, 0) is 72.8 Å². The number of rotatable bonds is 0. The van der Waals surface area contributed by atoms with Gasteiger partial charge in [-0.25, -0.2) is 0 Å². The first-order chi connectivity index (χ1) is 9.97. The topological polar surface area (TPSA) is 73.4 Å². The predicted octanol–water partition coefficient (Wildman–Crippen LogP) is 5.03. The molecule has 0 saturated heterocycles. The van der Waals surface area contributed by atoms with Gasteiger partial charge in [0.15, 0.2) is 0 Å². The van der Waals surface area contributed by atoms with Gasteiger partial charge in [-0.15, -0.1) is 0 Å². The van der Waals surface area contributed by atoms with Crippen molar-refractivity contribution in [1.29, 1.82) is 10.5 Å². The Morgan fingerprint density at radius 2 is 1.22 bits per heavy atom. The molecule has 0 unspecified atom stereocenters. The Kier molecular flexibility index (Phi) is 18.5. The molecule has 0 spiro atoms. The van der Waals surface area contributed by atoms with Gasteiger partial charge in [0.1, 0.15) is 6.07 Å². The van der Waals surface area contributed by atoms with Crippen LogP contribution in [0.2, 0.25) is 0 Å². The van der Waals surface area contributed by atoms with Crippen molar-refractivity contribution >= 4 is 47.8 Å². The van der Waals surface area contributed by atoms with E-state index in [0.717, 1.165) is 19.0 Å². The zero-order valence-electron chi connectivity index (χ0n) is 12.0. The largest absolute Gasteiger partial charge is 1.00 e. The van der Waals surface area contributed by atoms with Gasteiger partial charge in [0.2, 0.25) is 0 Å². The Labute approximate surface area is 183 Å². The van der Waals surface area contributed by atoms with Crippen molar-refractivity contribution in [2.45, 2.75) is 13.8 Å². The minimum absolute atomic E-state index is 0. The molecule has 4 nitrogen and oxygen atoms in total. The summed E-state index contributed by atoms with van der Waals surface area (Å²) in [7, 11) is 0. The molecule has 2 rings (SSSR count). The Morgan fingerprint density at radius 1 is 0.870 bits per heavy atom. The van der Waals surface area contributed by atoms with Gasteiger partial charge in [0.05, 0.1) is 5.56 Å². The summed E-state index contributed by atoms with van der Waals surface area (Å²) in [5.74, 6) is 0. The maximum atomic E-state index is 8.53. The summed E-state index contributed by atoms with van der Waals surface area (Å²) in [6, 6.07) is 2.04. The molecule has 2 aromatic heterocycles. The van der Waals surface area contributed by atoms with Crippen LogP contribution in [0.25, 0.3) is 0 Å². The second-order valence-electron chi connectivity index (χ2n) is 3.63. The first-order valence-electron chi connectivity index (χ1n) is 5.45. The molecule has 0 aliphatic rings. The fourth-order valence-corrected chi connectivity index (χ4v) is 2.35. The molecule has 0 bridgehead atoms. The average Bonchev–Trinajstić information content (AvgIpc) is 2.50. The minimum atomic E-state index is 0. The molecule has 0 aliphatic heterocycles. The van der Waals surface area contributed by atoms with Crippen LogP contribution in [0.3, 0.4) is 0 Å². The van der Waals surface area contributed by atoms with Crippen LogP contribution in [0.4, 0.5) is 0 Å². The predicted molar refractivity (Wildman–Crippen MR) is 90.7 cm³/mol. The van der Waals surface area contributed by atoms with Crippen molar-refractivity contribution in [1.82, 2.24) is 9.97 Å². The number of pyridine rings is 2. The molecule has 9 heteroatoms. The van der Waals surface area contributed by atoms with Crippen molar-refractivity contribution < 1.29 is 35.6 Å². The van der Waals surface area contributed by atoms with Crippen molar-refractivity contribution in [2.75, 3.05) is 0 Å². The molecular weight excluding hydrogens is 578 g/mol. The molecule has 123 valence electrons. The summed E-state index contributed by atoms with van der Waals surface area (Å²) < 4.78 is 2.96. The van der Waals surface area contributed by atoms with Gasteiger partial charge in [-0.3, -0.25) is 9.97 Å². The summed E-state index contributed by atoms with van der Waals surface area (Å²) in [4.78, 5) is 7.80. The monoisotopic (exact) mass is 585 g/mol. The van der Waals surface area contributed by atoms with Crippen molar-refractivity contribution in [3.8, 4) is 6.07 Å². The fraction of sp³-hybridized carbons (Fsp3) is 0.143. The van der Waals surface area contributed by atoms with Crippen LogP contribution in [0.5, 0.6) is 0 Å².